The van der Waals surface area contributed by atoms with Crippen LogP contribution < -0.4 is 0 Å². The predicted molar refractivity (Wildman–Crippen MR) is 72.6 cm³/mol. The standard InChI is InChI=1S/C15H12ClF4N/c1-9(10-4-6-21-7-5-10)14(16)11-2-3-13(17)12(8-11)15(18,19)20/h2-9,14H,1H3. The van der Waals surface area contributed by atoms with Gasteiger partial charge in [-0.05, 0) is 35.4 Å². The van der Waals surface area contributed by atoms with Crippen LogP contribution in [0, 0.1) is 5.82 Å². The molecule has 0 aliphatic heterocycles. The lowest BCUT2D eigenvalue weighted by Gasteiger charge is -2.20. The fourth-order valence-electron chi connectivity index (χ4n) is 2.06. The van der Waals surface area contributed by atoms with Gasteiger partial charge in [-0.15, -0.1) is 11.6 Å². The van der Waals surface area contributed by atoms with Gasteiger partial charge < -0.3 is 0 Å². The molecule has 2 unspecified atom stereocenters. The second-order valence-corrected chi connectivity index (χ2v) is 5.18. The Morgan fingerprint density at radius 1 is 1.05 bits per heavy atom. The van der Waals surface area contributed by atoms with Crippen molar-refractivity contribution >= 4 is 11.6 Å². The molecule has 6 heteroatoms. The molecule has 2 atom stereocenters. The molecule has 0 fully saturated rings. The third kappa shape index (κ3) is 3.53. The first kappa shape index (κ1) is 15.8. The Labute approximate surface area is 124 Å². The Hall–Kier alpha value is -1.62. The van der Waals surface area contributed by atoms with Crippen LogP contribution in [0.1, 0.15) is 34.9 Å². The highest BCUT2D eigenvalue weighted by atomic mass is 35.5. The van der Waals surface area contributed by atoms with E-state index in [0.717, 1.165) is 17.7 Å². The van der Waals surface area contributed by atoms with Crippen molar-refractivity contribution in [2.45, 2.75) is 24.4 Å². The average Bonchev–Trinajstić information content (AvgIpc) is 2.46. The second-order valence-electron chi connectivity index (χ2n) is 4.71. The zero-order valence-electron chi connectivity index (χ0n) is 11.0. The van der Waals surface area contributed by atoms with Crippen molar-refractivity contribution in [1.29, 1.82) is 0 Å². The normalized spacial score (nSPS) is 14.8. The lowest BCUT2D eigenvalue weighted by molar-refractivity contribution is -0.140. The van der Waals surface area contributed by atoms with Crippen molar-refractivity contribution in [1.82, 2.24) is 4.98 Å². The molecule has 1 nitrogen and oxygen atoms in total. The van der Waals surface area contributed by atoms with Gasteiger partial charge in [-0.1, -0.05) is 13.0 Å². The quantitative estimate of drug-likeness (QED) is 0.551. The van der Waals surface area contributed by atoms with Gasteiger partial charge in [-0.2, -0.15) is 13.2 Å². The molecule has 1 aromatic heterocycles. The molecule has 0 bridgehead atoms. The fourth-order valence-corrected chi connectivity index (χ4v) is 2.34. The molecule has 2 aromatic rings. The molecule has 112 valence electrons. The summed E-state index contributed by atoms with van der Waals surface area (Å²) in [4.78, 5) is 3.88. The first-order valence-corrected chi connectivity index (χ1v) is 6.65. The summed E-state index contributed by atoms with van der Waals surface area (Å²) in [7, 11) is 0. The molecule has 0 radical (unpaired) electrons. The molecule has 0 aliphatic rings. The zero-order valence-corrected chi connectivity index (χ0v) is 11.8. The van der Waals surface area contributed by atoms with Crippen LogP contribution in [-0.4, -0.2) is 4.98 Å². The monoisotopic (exact) mass is 317 g/mol. The molecule has 0 amide bonds. The van der Waals surface area contributed by atoms with E-state index in [1.807, 2.05) is 0 Å². The average molecular weight is 318 g/mol. The highest BCUT2D eigenvalue weighted by Gasteiger charge is 2.35. The molecule has 0 aliphatic carbocycles. The van der Waals surface area contributed by atoms with Gasteiger partial charge in [-0.25, -0.2) is 4.39 Å². The molecule has 0 saturated carbocycles. The molecule has 0 spiro atoms. The van der Waals surface area contributed by atoms with Crippen LogP contribution in [0.3, 0.4) is 0 Å². The van der Waals surface area contributed by atoms with E-state index >= 15 is 0 Å². The summed E-state index contributed by atoms with van der Waals surface area (Å²) in [5, 5.41) is -0.700. The Balaban J connectivity index is 2.34. The number of rotatable bonds is 3. The molecule has 0 N–H and O–H groups in total. The number of halogens is 5. The van der Waals surface area contributed by atoms with E-state index in [0.29, 0.717) is 0 Å². The predicted octanol–water partition coefficient (Wildman–Crippen LogP) is 5.32. The van der Waals surface area contributed by atoms with Crippen LogP contribution in [0.15, 0.2) is 42.7 Å². The van der Waals surface area contributed by atoms with Gasteiger partial charge >= 0.3 is 6.18 Å². The van der Waals surface area contributed by atoms with Crippen LogP contribution in [0.5, 0.6) is 0 Å². The topological polar surface area (TPSA) is 12.9 Å². The number of nitrogens with zero attached hydrogens (tertiary/aromatic N) is 1. The summed E-state index contributed by atoms with van der Waals surface area (Å²) in [6.45, 7) is 1.80. The van der Waals surface area contributed by atoms with Gasteiger partial charge in [0, 0.05) is 18.3 Å². The molecule has 1 aromatic carbocycles. The van der Waals surface area contributed by atoms with Gasteiger partial charge in [0.15, 0.2) is 0 Å². The molecule has 21 heavy (non-hydrogen) atoms. The number of alkyl halides is 4. The lowest BCUT2D eigenvalue weighted by Crippen LogP contribution is -2.10. The maximum Gasteiger partial charge on any atom is 0.419 e. The number of hydrogen-bond acceptors (Lipinski definition) is 1. The Kier molecular flexibility index (Phi) is 4.52. The van der Waals surface area contributed by atoms with E-state index in [1.165, 1.54) is 6.07 Å². The minimum atomic E-state index is -4.74. The smallest absolute Gasteiger partial charge is 0.265 e. The Morgan fingerprint density at radius 2 is 1.67 bits per heavy atom. The largest absolute Gasteiger partial charge is 0.419 e. The number of aromatic nitrogens is 1. The van der Waals surface area contributed by atoms with E-state index in [1.54, 1.807) is 31.5 Å². The molecule has 0 saturated heterocycles. The first-order valence-electron chi connectivity index (χ1n) is 6.21. The molecular formula is C15H12ClF4N. The third-order valence-electron chi connectivity index (χ3n) is 3.29. The van der Waals surface area contributed by atoms with E-state index in [-0.39, 0.29) is 11.5 Å². The third-order valence-corrected chi connectivity index (χ3v) is 3.92. The molecule has 1 heterocycles. The number of pyridine rings is 1. The highest BCUT2D eigenvalue weighted by Crippen LogP contribution is 2.39. The van der Waals surface area contributed by atoms with Crippen LogP contribution in [0.2, 0.25) is 0 Å². The second kappa shape index (κ2) is 6.02. The van der Waals surface area contributed by atoms with Crippen molar-refractivity contribution in [2.75, 3.05) is 0 Å². The summed E-state index contributed by atoms with van der Waals surface area (Å²) >= 11 is 6.26. The van der Waals surface area contributed by atoms with Gasteiger partial charge in [0.1, 0.15) is 5.82 Å². The minimum Gasteiger partial charge on any atom is -0.265 e. The lowest BCUT2D eigenvalue weighted by atomic mass is 9.93. The van der Waals surface area contributed by atoms with Crippen molar-refractivity contribution in [3.8, 4) is 0 Å². The SMILES string of the molecule is CC(c1ccncc1)C(Cl)c1ccc(F)c(C(F)(F)F)c1. The van der Waals surface area contributed by atoms with E-state index < -0.39 is 22.9 Å². The Bertz CT molecular complexity index is 613. The summed E-state index contributed by atoms with van der Waals surface area (Å²) in [6, 6.07) is 6.33. The number of benzene rings is 1. The van der Waals surface area contributed by atoms with Crippen LogP contribution >= 0.6 is 11.6 Å². The van der Waals surface area contributed by atoms with Crippen molar-refractivity contribution in [3.63, 3.8) is 0 Å². The van der Waals surface area contributed by atoms with Crippen LogP contribution in [-0.2, 0) is 6.18 Å². The van der Waals surface area contributed by atoms with Gasteiger partial charge in [-0.3, -0.25) is 4.98 Å². The molecular weight excluding hydrogens is 306 g/mol. The summed E-state index contributed by atoms with van der Waals surface area (Å²) in [5.74, 6) is -1.53. The van der Waals surface area contributed by atoms with Crippen molar-refractivity contribution in [2.24, 2.45) is 0 Å². The van der Waals surface area contributed by atoms with E-state index in [2.05, 4.69) is 4.98 Å². The van der Waals surface area contributed by atoms with Crippen molar-refractivity contribution < 1.29 is 17.6 Å². The van der Waals surface area contributed by atoms with E-state index in [4.69, 9.17) is 11.6 Å². The van der Waals surface area contributed by atoms with Crippen LogP contribution in [0.4, 0.5) is 17.6 Å². The van der Waals surface area contributed by atoms with Gasteiger partial charge in [0.2, 0.25) is 0 Å². The fraction of sp³-hybridized carbons (Fsp3) is 0.267. The highest BCUT2D eigenvalue weighted by molar-refractivity contribution is 6.21. The summed E-state index contributed by atoms with van der Waals surface area (Å²) in [5.41, 5.74) is -0.217. The molecule has 2 rings (SSSR count). The Morgan fingerprint density at radius 3 is 2.24 bits per heavy atom. The summed E-state index contributed by atoms with van der Waals surface area (Å²) in [6.07, 6.45) is -1.57. The van der Waals surface area contributed by atoms with Gasteiger partial charge in [0.05, 0.1) is 10.9 Å². The van der Waals surface area contributed by atoms with Crippen molar-refractivity contribution in [3.05, 3.63) is 65.2 Å². The number of hydrogen-bond donors (Lipinski definition) is 0. The summed E-state index contributed by atoms with van der Waals surface area (Å²) < 4.78 is 51.5. The van der Waals surface area contributed by atoms with Gasteiger partial charge in [0.25, 0.3) is 0 Å². The first-order chi connectivity index (χ1) is 9.80. The maximum absolute atomic E-state index is 13.3. The van der Waals surface area contributed by atoms with Crippen LogP contribution in [0.25, 0.3) is 0 Å². The zero-order chi connectivity index (χ0) is 15.6. The maximum atomic E-state index is 13.3. The van der Waals surface area contributed by atoms with E-state index in [9.17, 15) is 17.6 Å². The minimum absolute atomic E-state index is 0.231.